The molecule has 0 bridgehead atoms. The van der Waals surface area contributed by atoms with Crippen LogP contribution in [0.4, 0.5) is 0 Å². The van der Waals surface area contributed by atoms with E-state index in [2.05, 4.69) is 67.6 Å². The average Bonchev–Trinajstić information content (AvgIpc) is 2.34. The van der Waals surface area contributed by atoms with Crippen LogP contribution in [0.1, 0.15) is 37.8 Å². The number of aliphatic imine (C=N–C) groups is 1. The van der Waals surface area contributed by atoms with Crippen LogP contribution in [0.5, 0.6) is 0 Å². The van der Waals surface area contributed by atoms with Gasteiger partial charge in [0.15, 0.2) is 5.96 Å². The first-order chi connectivity index (χ1) is 8.52. The van der Waals surface area contributed by atoms with Crippen molar-refractivity contribution in [3.05, 3.63) is 35.4 Å². The van der Waals surface area contributed by atoms with Gasteiger partial charge in [-0.25, -0.2) is 0 Å². The van der Waals surface area contributed by atoms with Crippen molar-refractivity contribution in [3.8, 4) is 0 Å². The number of guanidine groups is 1. The van der Waals surface area contributed by atoms with Crippen LogP contribution in [0.25, 0.3) is 0 Å². The summed E-state index contributed by atoms with van der Waals surface area (Å²) in [6, 6.07) is 9.10. The van der Waals surface area contributed by atoms with Gasteiger partial charge in [0.05, 0.1) is 0 Å². The highest BCUT2D eigenvalue weighted by atomic mass is 15.2. The maximum absolute atomic E-state index is 4.20. The van der Waals surface area contributed by atoms with E-state index in [1.165, 1.54) is 11.1 Å². The molecule has 1 rings (SSSR count). The third-order valence-electron chi connectivity index (χ3n) is 2.87. The van der Waals surface area contributed by atoms with Gasteiger partial charge >= 0.3 is 0 Å². The molecule has 100 valence electrons. The van der Waals surface area contributed by atoms with Gasteiger partial charge < -0.3 is 10.6 Å². The zero-order chi connectivity index (χ0) is 13.5. The van der Waals surface area contributed by atoms with Gasteiger partial charge in [-0.1, -0.05) is 36.8 Å². The molecule has 1 aromatic rings. The summed E-state index contributed by atoms with van der Waals surface area (Å²) in [5.41, 5.74) is 2.66. The first-order valence-electron chi connectivity index (χ1n) is 6.56. The molecule has 3 heteroatoms. The van der Waals surface area contributed by atoms with Gasteiger partial charge in [0.1, 0.15) is 0 Å². The number of benzene rings is 1. The van der Waals surface area contributed by atoms with Gasteiger partial charge in [-0.3, -0.25) is 4.99 Å². The summed E-state index contributed by atoms with van der Waals surface area (Å²) in [5.74, 6) is 1.33. The first kappa shape index (κ1) is 14.6. The second-order valence-corrected chi connectivity index (χ2v) is 5.06. The van der Waals surface area contributed by atoms with Gasteiger partial charge in [0, 0.05) is 19.6 Å². The van der Waals surface area contributed by atoms with E-state index >= 15 is 0 Å². The van der Waals surface area contributed by atoms with Crippen LogP contribution in [-0.2, 0) is 0 Å². The maximum atomic E-state index is 4.20. The summed E-state index contributed by atoms with van der Waals surface area (Å²) < 4.78 is 0. The quantitative estimate of drug-likeness (QED) is 0.634. The maximum Gasteiger partial charge on any atom is 0.191 e. The van der Waals surface area contributed by atoms with Crippen molar-refractivity contribution in [1.82, 2.24) is 10.6 Å². The standard InChI is InChI=1S/C15H25N3/c1-11(2)18-15(16-5)17-10-13(4)14-8-6-12(3)7-9-14/h6-9,11,13H,10H2,1-5H3,(H2,16,17,18). The molecule has 2 N–H and O–H groups in total. The summed E-state index contributed by atoms with van der Waals surface area (Å²) in [7, 11) is 1.80. The van der Waals surface area contributed by atoms with Gasteiger partial charge in [0.2, 0.25) is 0 Å². The highest BCUT2D eigenvalue weighted by Crippen LogP contribution is 2.14. The Bertz CT molecular complexity index is 379. The highest BCUT2D eigenvalue weighted by Gasteiger charge is 2.06. The Morgan fingerprint density at radius 1 is 1.17 bits per heavy atom. The SMILES string of the molecule is CN=C(NCC(C)c1ccc(C)cc1)NC(C)C. The lowest BCUT2D eigenvalue weighted by Crippen LogP contribution is -2.42. The Morgan fingerprint density at radius 2 is 1.78 bits per heavy atom. The molecule has 0 saturated carbocycles. The van der Waals surface area contributed by atoms with E-state index < -0.39 is 0 Å². The highest BCUT2D eigenvalue weighted by molar-refractivity contribution is 5.79. The van der Waals surface area contributed by atoms with Crippen LogP contribution >= 0.6 is 0 Å². The second-order valence-electron chi connectivity index (χ2n) is 5.06. The van der Waals surface area contributed by atoms with Crippen molar-refractivity contribution >= 4 is 5.96 Å². The van der Waals surface area contributed by atoms with Crippen LogP contribution in [0.15, 0.2) is 29.3 Å². The van der Waals surface area contributed by atoms with Crippen molar-refractivity contribution < 1.29 is 0 Å². The molecule has 3 nitrogen and oxygen atoms in total. The van der Waals surface area contributed by atoms with Crippen molar-refractivity contribution in [2.75, 3.05) is 13.6 Å². The smallest absolute Gasteiger partial charge is 0.191 e. The largest absolute Gasteiger partial charge is 0.356 e. The van der Waals surface area contributed by atoms with E-state index in [9.17, 15) is 0 Å². The Balaban J connectivity index is 2.50. The van der Waals surface area contributed by atoms with Gasteiger partial charge in [-0.05, 0) is 32.3 Å². The molecule has 0 spiro atoms. The fraction of sp³-hybridized carbons (Fsp3) is 0.533. The van der Waals surface area contributed by atoms with Gasteiger partial charge in [-0.2, -0.15) is 0 Å². The Labute approximate surface area is 111 Å². The van der Waals surface area contributed by atoms with E-state index in [-0.39, 0.29) is 0 Å². The third kappa shape index (κ3) is 4.78. The molecule has 0 fully saturated rings. The van der Waals surface area contributed by atoms with Gasteiger partial charge in [-0.15, -0.1) is 0 Å². The van der Waals surface area contributed by atoms with Crippen molar-refractivity contribution in [1.29, 1.82) is 0 Å². The molecule has 0 amide bonds. The zero-order valence-electron chi connectivity index (χ0n) is 12.1. The van der Waals surface area contributed by atoms with Crippen LogP contribution in [0, 0.1) is 6.92 Å². The van der Waals surface area contributed by atoms with Gasteiger partial charge in [0.25, 0.3) is 0 Å². The van der Waals surface area contributed by atoms with Crippen molar-refractivity contribution in [2.45, 2.75) is 39.7 Å². The number of hydrogen-bond donors (Lipinski definition) is 2. The minimum Gasteiger partial charge on any atom is -0.356 e. The molecule has 0 saturated heterocycles. The van der Waals surface area contributed by atoms with Crippen LogP contribution in [0.3, 0.4) is 0 Å². The molecule has 18 heavy (non-hydrogen) atoms. The van der Waals surface area contributed by atoms with Crippen molar-refractivity contribution in [2.24, 2.45) is 4.99 Å². The summed E-state index contributed by atoms with van der Waals surface area (Å²) in [6.45, 7) is 9.43. The van der Waals surface area contributed by atoms with Crippen LogP contribution in [-0.4, -0.2) is 25.6 Å². The molecule has 0 aliphatic carbocycles. The molecule has 0 radical (unpaired) electrons. The third-order valence-corrected chi connectivity index (χ3v) is 2.87. The number of rotatable bonds is 4. The molecule has 1 aromatic carbocycles. The molecule has 0 aliphatic heterocycles. The lowest BCUT2D eigenvalue weighted by atomic mass is 10.0. The fourth-order valence-corrected chi connectivity index (χ4v) is 1.73. The number of aryl methyl sites for hydroxylation is 1. The minimum atomic E-state index is 0.394. The zero-order valence-corrected chi connectivity index (χ0v) is 12.1. The number of nitrogens with zero attached hydrogens (tertiary/aromatic N) is 1. The predicted octanol–water partition coefficient (Wildman–Crippen LogP) is 2.67. The average molecular weight is 247 g/mol. The Morgan fingerprint density at radius 3 is 2.28 bits per heavy atom. The first-order valence-corrected chi connectivity index (χ1v) is 6.56. The Kier molecular flexibility index (Phi) is 5.69. The molecule has 0 aromatic heterocycles. The molecule has 0 aliphatic rings. The number of nitrogens with one attached hydrogen (secondary N) is 2. The van der Waals surface area contributed by atoms with E-state index in [1.807, 2.05) is 0 Å². The lowest BCUT2D eigenvalue weighted by Gasteiger charge is -2.18. The van der Waals surface area contributed by atoms with E-state index in [4.69, 9.17) is 0 Å². The monoisotopic (exact) mass is 247 g/mol. The van der Waals surface area contributed by atoms with Crippen LogP contribution < -0.4 is 10.6 Å². The van der Waals surface area contributed by atoms with Crippen LogP contribution in [0.2, 0.25) is 0 Å². The summed E-state index contributed by atoms with van der Waals surface area (Å²) in [4.78, 5) is 4.20. The molecule has 1 atom stereocenters. The van der Waals surface area contributed by atoms with Crippen molar-refractivity contribution in [3.63, 3.8) is 0 Å². The summed E-state index contributed by atoms with van der Waals surface area (Å²) in [6.07, 6.45) is 0. The number of hydrogen-bond acceptors (Lipinski definition) is 1. The lowest BCUT2D eigenvalue weighted by molar-refractivity contribution is 0.666. The second kappa shape index (κ2) is 7.04. The predicted molar refractivity (Wildman–Crippen MR) is 79.2 cm³/mol. The minimum absolute atomic E-state index is 0.394. The molecular formula is C15H25N3. The summed E-state index contributed by atoms with van der Waals surface area (Å²) in [5, 5.41) is 6.64. The normalized spacial score (nSPS) is 13.6. The Hall–Kier alpha value is -1.51. The van der Waals surface area contributed by atoms with E-state index in [0.29, 0.717) is 12.0 Å². The molecule has 1 unspecified atom stereocenters. The van der Waals surface area contributed by atoms with E-state index in [1.54, 1.807) is 7.05 Å². The topological polar surface area (TPSA) is 36.4 Å². The summed E-state index contributed by atoms with van der Waals surface area (Å²) >= 11 is 0. The molecular weight excluding hydrogens is 222 g/mol. The fourth-order valence-electron chi connectivity index (χ4n) is 1.73. The van der Waals surface area contributed by atoms with E-state index in [0.717, 1.165) is 12.5 Å². The molecule has 0 heterocycles.